The van der Waals surface area contributed by atoms with Crippen molar-refractivity contribution in [2.24, 2.45) is 0 Å². The Morgan fingerprint density at radius 2 is 1.75 bits per heavy atom. The standard InChI is InChI=1S/C16H11BrO3/c17-13(9-11-5-2-1-3-6-11)16(20)12-7-4-8-14(18)15(19)10-12/h1-10H,(H,18,19)/b13-9-. The van der Waals surface area contributed by atoms with Crippen LogP contribution in [-0.2, 0) is 0 Å². The lowest BCUT2D eigenvalue weighted by molar-refractivity contribution is 0.104. The Bertz CT molecular complexity index is 721. The van der Waals surface area contributed by atoms with Gasteiger partial charge in [0.05, 0.1) is 4.48 Å². The number of carbonyl (C=O) groups is 1. The Balaban J connectivity index is 2.37. The van der Waals surface area contributed by atoms with Gasteiger partial charge in [-0.3, -0.25) is 9.59 Å². The lowest BCUT2D eigenvalue weighted by Gasteiger charge is -1.98. The maximum atomic E-state index is 12.2. The zero-order valence-electron chi connectivity index (χ0n) is 10.4. The van der Waals surface area contributed by atoms with Crippen LogP contribution in [-0.4, -0.2) is 10.9 Å². The van der Waals surface area contributed by atoms with Gasteiger partial charge in [-0.15, -0.1) is 0 Å². The average molecular weight is 331 g/mol. The molecule has 0 amide bonds. The third-order valence-electron chi connectivity index (χ3n) is 2.64. The number of rotatable bonds is 3. The van der Waals surface area contributed by atoms with Crippen molar-refractivity contribution >= 4 is 27.8 Å². The smallest absolute Gasteiger partial charge is 0.220 e. The molecule has 2 aromatic rings. The summed E-state index contributed by atoms with van der Waals surface area (Å²) < 4.78 is 0.341. The van der Waals surface area contributed by atoms with E-state index in [1.165, 1.54) is 18.2 Å². The van der Waals surface area contributed by atoms with Crippen LogP contribution in [0.15, 0.2) is 63.9 Å². The Hall–Kier alpha value is -2.20. The van der Waals surface area contributed by atoms with Crippen LogP contribution in [0.3, 0.4) is 0 Å². The van der Waals surface area contributed by atoms with Gasteiger partial charge in [-0.2, -0.15) is 0 Å². The fraction of sp³-hybridized carbons (Fsp3) is 0. The van der Waals surface area contributed by atoms with E-state index in [9.17, 15) is 14.7 Å². The number of benzene rings is 1. The maximum absolute atomic E-state index is 12.2. The summed E-state index contributed by atoms with van der Waals surface area (Å²) in [5.74, 6) is -0.700. The number of halogens is 1. The monoisotopic (exact) mass is 330 g/mol. The molecule has 3 nitrogen and oxygen atoms in total. The number of hydrogen-bond donors (Lipinski definition) is 1. The van der Waals surface area contributed by atoms with E-state index < -0.39 is 5.43 Å². The van der Waals surface area contributed by atoms with Crippen LogP contribution in [0.1, 0.15) is 15.9 Å². The molecule has 2 rings (SSSR count). The molecule has 0 radical (unpaired) electrons. The molecule has 0 saturated heterocycles. The molecule has 4 heteroatoms. The van der Waals surface area contributed by atoms with Crippen molar-refractivity contribution in [3.8, 4) is 5.75 Å². The van der Waals surface area contributed by atoms with Crippen molar-refractivity contribution in [2.45, 2.75) is 0 Å². The fourth-order valence-electron chi connectivity index (χ4n) is 1.63. The van der Waals surface area contributed by atoms with Crippen LogP contribution in [0.4, 0.5) is 0 Å². The Morgan fingerprint density at radius 3 is 2.45 bits per heavy atom. The number of Topliss-reactive ketones (excluding diaryl/α,β-unsaturated/α-hetero) is 1. The van der Waals surface area contributed by atoms with Crippen LogP contribution in [0.2, 0.25) is 0 Å². The molecular formula is C16H11BrO3. The summed E-state index contributed by atoms with van der Waals surface area (Å²) in [6, 6.07) is 14.7. The maximum Gasteiger partial charge on any atom is 0.220 e. The molecule has 2 aromatic carbocycles. The highest BCUT2D eigenvalue weighted by Gasteiger charge is 2.10. The molecule has 20 heavy (non-hydrogen) atoms. The summed E-state index contributed by atoms with van der Waals surface area (Å²) in [5.41, 5.74) is 0.506. The third kappa shape index (κ3) is 3.42. The number of allylic oxidation sites excluding steroid dienone is 1. The lowest BCUT2D eigenvalue weighted by Crippen LogP contribution is -2.02. The number of ketones is 1. The second kappa shape index (κ2) is 6.30. The number of carbonyl (C=O) groups excluding carboxylic acids is 1. The summed E-state index contributed by atoms with van der Waals surface area (Å²) >= 11 is 3.22. The van der Waals surface area contributed by atoms with Crippen molar-refractivity contribution in [1.29, 1.82) is 0 Å². The number of aromatic hydroxyl groups is 1. The first-order valence-electron chi connectivity index (χ1n) is 5.88. The van der Waals surface area contributed by atoms with E-state index in [2.05, 4.69) is 15.9 Å². The quantitative estimate of drug-likeness (QED) is 0.693. The first-order chi connectivity index (χ1) is 9.58. The second-order valence-corrected chi connectivity index (χ2v) is 4.96. The number of hydrogen-bond acceptors (Lipinski definition) is 3. The minimum absolute atomic E-state index is 0.217. The van der Waals surface area contributed by atoms with Gasteiger partial charge in [-0.1, -0.05) is 42.5 Å². The summed E-state index contributed by atoms with van der Waals surface area (Å²) in [4.78, 5) is 23.7. The minimum atomic E-state index is -0.585. The predicted octanol–water partition coefficient (Wildman–Crippen LogP) is 3.37. The van der Waals surface area contributed by atoms with Crippen molar-refractivity contribution in [3.05, 3.63) is 80.4 Å². The molecule has 0 aliphatic heterocycles. The van der Waals surface area contributed by atoms with Gasteiger partial charge in [-0.25, -0.2) is 0 Å². The van der Waals surface area contributed by atoms with E-state index in [1.807, 2.05) is 30.3 Å². The van der Waals surface area contributed by atoms with Gasteiger partial charge in [-0.05, 0) is 33.6 Å². The normalized spacial score (nSPS) is 11.2. The van der Waals surface area contributed by atoms with E-state index in [0.717, 1.165) is 11.6 Å². The van der Waals surface area contributed by atoms with Gasteiger partial charge < -0.3 is 5.11 Å². The minimum Gasteiger partial charge on any atom is -0.504 e. The first-order valence-corrected chi connectivity index (χ1v) is 6.67. The third-order valence-corrected chi connectivity index (χ3v) is 3.23. The molecule has 0 fully saturated rings. The lowest BCUT2D eigenvalue weighted by atomic mass is 10.1. The topological polar surface area (TPSA) is 54.4 Å². The predicted molar refractivity (Wildman–Crippen MR) is 82.1 cm³/mol. The van der Waals surface area contributed by atoms with Crippen molar-refractivity contribution in [2.75, 3.05) is 0 Å². The largest absolute Gasteiger partial charge is 0.504 e. The molecule has 100 valence electrons. The Kier molecular flexibility index (Phi) is 4.48. The highest BCUT2D eigenvalue weighted by Crippen LogP contribution is 2.17. The Morgan fingerprint density at radius 1 is 1.05 bits per heavy atom. The van der Waals surface area contributed by atoms with Crippen LogP contribution >= 0.6 is 15.9 Å². The van der Waals surface area contributed by atoms with Crippen molar-refractivity contribution < 1.29 is 9.90 Å². The highest BCUT2D eigenvalue weighted by atomic mass is 79.9. The summed E-state index contributed by atoms with van der Waals surface area (Å²) in [7, 11) is 0. The fourth-order valence-corrected chi connectivity index (χ4v) is 2.12. The Labute approximate surface area is 124 Å². The van der Waals surface area contributed by atoms with Crippen molar-refractivity contribution in [3.63, 3.8) is 0 Å². The van der Waals surface area contributed by atoms with E-state index in [4.69, 9.17) is 0 Å². The van der Waals surface area contributed by atoms with E-state index in [-0.39, 0.29) is 17.1 Å². The molecule has 1 N–H and O–H groups in total. The molecule has 0 aliphatic carbocycles. The highest BCUT2D eigenvalue weighted by molar-refractivity contribution is 9.12. The van der Waals surface area contributed by atoms with E-state index >= 15 is 0 Å². The van der Waals surface area contributed by atoms with Gasteiger partial charge >= 0.3 is 0 Å². The second-order valence-electron chi connectivity index (χ2n) is 4.11. The van der Waals surface area contributed by atoms with Gasteiger partial charge in [0.1, 0.15) is 0 Å². The summed E-state index contributed by atoms with van der Waals surface area (Å²) in [6.07, 6.45) is 1.68. The summed E-state index contributed by atoms with van der Waals surface area (Å²) in [6.45, 7) is 0. The average Bonchev–Trinajstić information content (AvgIpc) is 2.61. The van der Waals surface area contributed by atoms with Crippen LogP contribution < -0.4 is 5.43 Å². The molecule has 0 bridgehead atoms. The van der Waals surface area contributed by atoms with Gasteiger partial charge in [0.2, 0.25) is 5.43 Å². The zero-order chi connectivity index (χ0) is 14.5. The zero-order valence-corrected chi connectivity index (χ0v) is 12.0. The van der Waals surface area contributed by atoms with Crippen LogP contribution in [0.25, 0.3) is 6.08 Å². The molecular weight excluding hydrogens is 320 g/mol. The van der Waals surface area contributed by atoms with E-state index in [0.29, 0.717) is 4.48 Å². The molecule has 0 spiro atoms. The molecule has 0 atom stereocenters. The van der Waals surface area contributed by atoms with E-state index in [1.54, 1.807) is 6.08 Å². The SMILES string of the molecule is O=C(/C(Br)=C/c1ccccc1)c1cccc(O)c(=O)c1. The molecule has 0 saturated carbocycles. The first kappa shape index (κ1) is 14.2. The van der Waals surface area contributed by atoms with Gasteiger partial charge in [0.15, 0.2) is 11.5 Å². The van der Waals surface area contributed by atoms with Crippen LogP contribution in [0.5, 0.6) is 5.75 Å². The van der Waals surface area contributed by atoms with Gasteiger partial charge in [0.25, 0.3) is 0 Å². The van der Waals surface area contributed by atoms with Gasteiger partial charge in [0, 0.05) is 11.6 Å². The summed E-state index contributed by atoms with van der Waals surface area (Å²) in [5, 5.41) is 9.31. The molecule has 0 unspecified atom stereocenters. The molecule has 0 aromatic heterocycles. The van der Waals surface area contributed by atoms with Crippen LogP contribution in [0, 0.1) is 0 Å². The molecule has 0 aliphatic rings. The van der Waals surface area contributed by atoms with Crippen molar-refractivity contribution in [1.82, 2.24) is 0 Å². The molecule has 0 heterocycles.